The Bertz CT molecular complexity index is 379. The van der Waals surface area contributed by atoms with Crippen LogP contribution in [0.15, 0.2) is 6.07 Å². The maximum Gasteiger partial charge on any atom is 0.303 e. The van der Waals surface area contributed by atoms with Gasteiger partial charge in [0.15, 0.2) is 0 Å². The average molecular weight is 225 g/mol. The van der Waals surface area contributed by atoms with Crippen molar-refractivity contribution in [3.63, 3.8) is 0 Å². The average Bonchev–Trinajstić information content (AvgIpc) is 2.54. The first-order valence-electron chi connectivity index (χ1n) is 5.01. The van der Waals surface area contributed by atoms with Crippen molar-refractivity contribution < 1.29 is 14.7 Å². The Morgan fingerprint density at radius 2 is 2.25 bits per heavy atom. The Balaban J connectivity index is 2.38. The molecule has 16 heavy (non-hydrogen) atoms. The molecule has 1 aromatic rings. The fourth-order valence-electron chi connectivity index (χ4n) is 1.20. The molecule has 0 spiro atoms. The van der Waals surface area contributed by atoms with Crippen molar-refractivity contribution in [2.75, 3.05) is 6.54 Å². The number of aromatic nitrogens is 2. The van der Waals surface area contributed by atoms with Crippen molar-refractivity contribution in [2.24, 2.45) is 7.05 Å². The van der Waals surface area contributed by atoms with E-state index in [0.29, 0.717) is 18.7 Å². The van der Waals surface area contributed by atoms with Crippen LogP contribution >= 0.6 is 0 Å². The third-order valence-electron chi connectivity index (χ3n) is 2.20. The van der Waals surface area contributed by atoms with Crippen LogP contribution in [0.1, 0.15) is 29.0 Å². The Hall–Kier alpha value is -1.85. The molecular weight excluding hydrogens is 210 g/mol. The highest BCUT2D eigenvalue weighted by Gasteiger charge is 2.10. The standard InChI is InChI=1S/C10H15N3O3/c1-7-6-8(12-13(7)2)10(16)11-5-3-4-9(14)15/h6H,3-5H2,1-2H3,(H,11,16)(H,14,15). The van der Waals surface area contributed by atoms with Crippen molar-refractivity contribution in [3.8, 4) is 0 Å². The van der Waals surface area contributed by atoms with Crippen LogP contribution in [-0.4, -0.2) is 33.3 Å². The summed E-state index contributed by atoms with van der Waals surface area (Å²) in [5.41, 5.74) is 1.26. The maximum atomic E-state index is 11.5. The van der Waals surface area contributed by atoms with E-state index >= 15 is 0 Å². The van der Waals surface area contributed by atoms with Gasteiger partial charge in [-0.3, -0.25) is 14.3 Å². The zero-order valence-electron chi connectivity index (χ0n) is 9.36. The summed E-state index contributed by atoms with van der Waals surface area (Å²) in [6.07, 6.45) is 0.481. The first kappa shape index (κ1) is 12.2. The Kier molecular flexibility index (Phi) is 4.04. The van der Waals surface area contributed by atoms with Gasteiger partial charge in [-0.05, 0) is 19.4 Å². The predicted molar refractivity (Wildman–Crippen MR) is 57.1 cm³/mol. The number of aryl methyl sites for hydroxylation is 2. The number of aliphatic carboxylic acids is 1. The maximum absolute atomic E-state index is 11.5. The predicted octanol–water partition coefficient (Wildman–Crippen LogP) is 0.323. The van der Waals surface area contributed by atoms with Crippen LogP contribution in [0.4, 0.5) is 0 Å². The van der Waals surface area contributed by atoms with E-state index in [1.807, 2.05) is 6.92 Å². The highest BCUT2D eigenvalue weighted by molar-refractivity contribution is 5.92. The third kappa shape index (κ3) is 3.38. The van der Waals surface area contributed by atoms with E-state index in [9.17, 15) is 9.59 Å². The molecule has 1 rings (SSSR count). The van der Waals surface area contributed by atoms with Gasteiger partial charge in [-0.25, -0.2) is 0 Å². The fraction of sp³-hybridized carbons (Fsp3) is 0.500. The second-order valence-electron chi connectivity index (χ2n) is 3.55. The zero-order valence-corrected chi connectivity index (χ0v) is 9.36. The highest BCUT2D eigenvalue weighted by Crippen LogP contribution is 2.00. The van der Waals surface area contributed by atoms with Crippen LogP contribution in [-0.2, 0) is 11.8 Å². The smallest absolute Gasteiger partial charge is 0.303 e. The molecule has 1 heterocycles. The van der Waals surface area contributed by atoms with E-state index in [-0.39, 0.29) is 12.3 Å². The molecule has 0 saturated carbocycles. The van der Waals surface area contributed by atoms with Crippen LogP contribution < -0.4 is 5.32 Å². The molecule has 6 heteroatoms. The number of amides is 1. The van der Waals surface area contributed by atoms with Gasteiger partial charge in [-0.2, -0.15) is 5.10 Å². The number of nitrogens with one attached hydrogen (secondary N) is 1. The molecule has 2 N–H and O–H groups in total. The summed E-state index contributed by atoms with van der Waals surface area (Å²) >= 11 is 0. The van der Waals surface area contributed by atoms with Crippen LogP contribution in [0.5, 0.6) is 0 Å². The minimum Gasteiger partial charge on any atom is -0.481 e. The van der Waals surface area contributed by atoms with E-state index in [1.54, 1.807) is 17.8 Å². The summed E-state index contributed by atoms with van der Waals surface area (Å²) in [6.45, 7) is 2.20. The normalized spacial score (nSPS) is 10.1. The molecule has 0 fully saturated rings. The largest absolute Gasteiger partial charge is 0.481 e. The third-order valence-corrected chi connectivity index (χ3v) is 2.20. The summed E-state index contributed by atoms with van der Waals surface area (Å²) in [6, 6.07) is 1.69. The van der Waals surface area contributed by atoms with Gasteiger partial charge in [-0.1, -0.05) is 0 Å². The van der Waals surface area contributed by atoms with E-state index in [0.717, 1.165) is 5.69 Å². The van der Waals surface area contributed by atoms with E-state index in [4.69, 9.17) is 5.11 Å². The van der Waals surface area contributed by atoms with E-state index in [2.05, 4.69) is 10.4 Å². The lowest BCUT2D eigenvalue weighted by Gasteiger charge is -2.00. The zero-order chi connectivity index (χ0) is 12.1. The monoisotopic (exact) mass is 225 g/mol. The number of nitrogens with zero attached hydrogens (tertiary/aromatic N) is 2. The van der Waals surface area contributed by atoms with Crippen molar-refractivity contribution in [1.29, 1.82) is 0 Å². The van der Waals surface area contributed by atoms with Crippen LogP contribution in [0.25, 0.3) is 0 Å². The Labute approximate surface area is 93.3 Å². The second kappa shape index (κ2) is 5.29. The van der Waals surface area contributed by atoms with Gasteiger partial charge in [-0.15, -0.1) is 0 Å². The Morgan fingerprint density at radius 3 is 2.75 bits per heavy atom. The van der Waals surface area contributed by atoms with Crippen LogP contribution in [0, 0.1) is 6.92 Å². The van der Waals surface area contributed by atoms with Crippen LogP contribution in [0.3, 0.4) is 0 Å². The molecule has 0 aliphatic rings. The number of hydrogen-bond acceptors (Lipinski definition) is 3. The Morgan fingerprint density at radius 1 is 1.56 bits per heavy atom. The summed E-state index contributed by atoms with van der Waals surface area (Å²) < 4.78 is 1.62. The number of carbonyl (C=O) groups is 2. The van der Waals surface area contributed by atoms with Crippen molar-refractivity contribution in [2.45, 2.75) is 19.8 Å². The highest BCUT2D eigenvalue weighted by atomic mass is 16.4. The summed E-state index contributed by atoms with van der Waals surface area (Å²) in [5, 5.41) is 15.0. The number of carboxylic acid groups (broad SMARTS) is 1. The molecule has 0 aromatic carbocycles. The van der Waals surface area contributed by atoms with E-state index < -0.39 is 5.97 Å². The van der Waals surface area contributed by atoms with Crippen molar-refractivity contribution in [3.05, 3.63) is 17.5 Å². The molecule has 0 atom stereocenters. The molecule has 0 aliphatic carbocycles. The van der Waals surface area contributed by atoms with Gasteiger partial charge in [0.05, 0.1) is 0 Å². The van der Waals surface area contributed by atoms with Gasteiger partial charge in [0.25, 0.3) is 5.91 Å². The second-order valence-corrected chi connectivity index (χ2v) is 3.55. The summed E-state index contributed by atoms with van der Waals surface area (Å²) in [4.78, 5) is 21.8. The lowest BCUT2D eigenvalue weighted by molar-refractivity contribution is -0.137. The fourth-order valence-corrected chi connectivity index (χ4v) is 1.20. The molecule has 1 aromatic heterocycles. The van der Waals surface area contributed by atoms with Gasteiger partial charge < -0.3 is 10.4 Å². The lowest BCUT2D eigenvalue weighted by Crippen LogP contribution is -2.25. The molecule has 6 nitrogen and oxygen atoms in total. The van der Waals surface area contributed by atoms with Gasteiger partial charge in [0.2, 0.25) is 0 Å². The van der Waals surface area contributed by atoms with E-state index in [1.165, 1.54) is 0 Å². The molecule has 1 amide bonds. The first-order valence-corrected chi connectivity index (χ1v) is 5.01. The van der Waals surface area contributed by atoms with Gasteiger partial charge in [0.1, 0.15) is 5.69 Å². The van der Waals surface area contributed by atoms with Gasteiger partial charge in [0, 0.05) is 25.7 Å². The minimum atomic E-state index is -0.858. The minimum absolute atomic E-state index is 0.0571. The number of hydrogen-bond donors (Lipinski definition) is 2. The summed E-state index contributed by atoms with van der Waals surface area (Å²) in [5.74, 6) is -1.13. The molecule has 0 unspecified atom stereocenters. The van der Waals surface area contributed by atoms with Crippen molar-refractivity contribution in [1.82, 2.24) is 15.1 Å². The quantitative estimate of drug-likeness (QED) is 0.707. The number of rotatable bonds is 5. The SMILES string of the molecule is Cc1cc(C(=O)NCCCC(=O)O)nn1C. The molecule has 0 bridgehead atoms. The summed E-state index contributed by atoms with van der Waals surface area (Å²) in [7, 11) is 1.76. The first-order chi connectivity index (χ1) is 7.50. The molecule has 0 radical (unpaired) electrons. The molecule has 88 valence electrons. The van der Waals surface area contributed by atoms with Crippen LogP contribution in [0.2, 0.25) is 0 Å². The lowest BCUT2D eigenvalue weighted by atomic mass is 10.3. The molecule has 0 aliphatic heterocycles. The number of carbonyl (C=O) groups excluding carboxylic acids is 1. The molecular formula is C10H15N3O3. The molecule has 0 saturated heterocycles. The topological polar surface area (TPSA) is 84.2 Å². The van der Waals surface area contributed by atoms with Gasteiger partial charge >= 0.3 is 5.97 Å². The number of carboxylic acids is 1. The van der Waals surface area contributed by atoms with Crippen molar-refractivity contribution >= 4 is 11.9 Å².